The lowest BCUT2D eigenvalue weighted by atomic mass is 10.2. The van der Waals surface area contributed by atoms with Crippen molar-refractivity contribution in [3.8, 4) is 5.88 Å². The number of nitrogens with zero attached hydrogens (tertiary/aromatic N) is 1. The molecule has 0 saturated heterocycles. The molecule has 108 valence electrons. The maximum absolute atomic E-state index is 11.9. The summed E-state index contributed by atoms with van der Waals surface area (Å²) in [5.74, 6) is 0.357. The minimum absolute atomic E-state index is 0.0239. The lowest BCUT2D eigenvalue weighted by Crippen LogP contribution is -2.21. The third-order valence-electron chi connectivity index (χ3n) is 2.37. The van der Waals surface area contributed by atoms with Crippen LogP contribution in [0.3, 0.4) is 0 Å². The average Bonchev–Trinajstić information content (AvgIpc) is 2.32. The zero-order chi connectivity index (χ0) is 14.3. The number of ether oxygens (including phenoxy) is 1. The zero-order valence-corrected chi connectivity index (χ0v) is 11.1. The molecule has 0 aromatic carbocycles. The van der Waals surface area contributed by atoms with Gasteiger partial charge in [0.1, 0.15) is 0 Å². The molecule has 0 aliphatic rings. The van der Waals surface area contributed by atoms with Gasteiger partial charge in [0.2, 0.25) is 5.88 Å². The minimum atomic E-state index is -4.12. The van der Waals surface area contributed by atoms with Gasteiger partial charge in [0.05, 0.1) is 6.61 Å². The lowest BCUT2D eigenvalue weighted by Gasteiger charge is -2.09. The van der Waals surface area contributed by atoms with Crippen molar-refractivity contribution in [2.75, 3.05) is 6.61 Å². The standard InChI is InChI=1S/C13H19F3N2O/c1-10(2)17-8-11-4-5-12(18-9-11)19-7-3-6-13(14,15)16/h4-5,9-10,17H,3,6-8H2,1-2H3. The SMILES string of the molecule is CC(C)NCc1ccc(OCCCC(F)(F)F)nc1. The van der Waals surface area contributed by atoms with Crippen molar-refractivity contribution < 1.29 is 17.9 Å². The monoisotopic (exact) mass is 276 g/mol. The van der Waals surface area contributed by atoms with Gasteiger partial charge in [-0.05, 0) is 12.0 Å². The molecule has 6 heteroatoms. The second kappa shape index (κ2) is 7.33. The maximum atomic E-state index is 11.9. The highest BCUT2D eigenvalue weighted by molar-refractivity contribution is 5.17. The van der Waals surface area contributed by atoms with Crippen LogP contribution in [0.25, 0.3) is 0 Å². The van der Waals surface area contributed by atoms with E-state index in [4.69, 9.17) is 4.74 Å². The fourth-order valence-electron chi connectivity index (χ4n) is 1.37. The molecule has 0 radical (unpaired) electrons. The molecule has 19 heavy (non-hydrogen) atoms. The van der Waals surface area contributed by atoms with Crippen LogP contribution in [-0.2, 0) is 6.54 Å². The second-order valence-corrected chi connectivity index (χ2v) is 4.61. The van der Waals surface area contributed by atoms with Crippen LogP contribution in [0.4, 0.5) is 13.2 Å². The zero-order valence-electron chi connectivity index (χ0n) is 11.1. The molecule has 0 saturated carbocycles. The van der Waals surface area contributed by atoms with E-state index in [1.807, 2.05) is 19.9 Å². The first-order valence-corrected chi connectivity index (χ1v) is 6.24. The predicted octanol–water partition coefficient (Wildman–Crippen LogP) is 3.30. The van der Waals surface area contributed by atoms with Crippen LogP contribution < -0.4 is 10.1 Å². The molecule has 0 unspecified atom stereocenters. The van der Waals surface area contributed by atoms with Crippen molar-refractivity contribution in [1.82, 2.24) is 10.3 Å². The van der Waals surface area contributed by atoms with Gasteiger partial charge in [-0.2, -0.15) is 13.2 Å². The summed E-state index contributed by atoms with van der Waals surface area (Å²) in [5.41, 5.74) is 1.01. The van der Waals surface area contributed by atoms with E-state index in [-0.39, 0.29) is 13.0 Å². The third-order valence-corrected chi connectivity index (χ3v) is 2.37. The van der Waals surface area contributed by atoms with Crippen molar-refractivity contribution in [3.63, 3.8) is 0 Å². The Morgan fingerprint density at radius 2 is 2.05 bits per heavy atom. The fourth-order valence-corrected chi connectivity index (χ4v) is 1.37. The molecular weight excluding hydrogens is 257 g/mol. The van der Waals surface area contributed by atoms with Gasteiger partial charge in [-0.15, -0.1) is 0 Å². The number of pyridine rings is 1. The van der Waals surface area contributed by atoms with Crippen LogP contribution in [0.1, 0.15) is 32.3 Å². The Morgan fingerprint density at radius 1 is 1.32 bits per heavy atom. The van der Waals surface area contributed by atoms with Crippen LogP contribution in [0.2, 0.25) is 0 Å². The van der Waals surface area contributed by atoms with E-state index in [0.717, 1.165) is 5.56 Å². The van der Waals surface area contributed by atoms with Gasteiger partial charge in [0.15, 0.2) is 0 Å². The Balaban J connectivity index is 2.28. The van der Waals surface area contributed by atoms with Crippen LogP contribution in [0.5, 0.6) is 5.88 Å². The summed E-state index contributed by atoms with van der Waals surface area (Å²) in [5, 5.41) is 3.24. The normalized spacial score (nSPS) is 11.9. The largest absolute Gasteiger partial charge is 0.478 e. The number of halogens is 3. The molecule has 0 atom stereocenters. The van der Waals surface area contributed by atoms with E-state index in [9.17, 15) is 13.2 Å². The second-order valence-electron chi connectivity index (χ2n) is 4.61. The van der Waals surface area contributed by atoms with Gasteiger partial charge in [0.25, 0.3) is 0 Å². The van der Waals surface area contributed by atoms with Gasteiger partial charge >= 0.3 is 6.18 Å². The summed E-state index contributed by atoms with van der Waals surface area (Å²) in [6.07, 6.45) is -3.34. The van der Waals surface area contributed by atoms with Crippen molar-refractivity contribution in [1.29, 1.82) is 0 Å². The molecule has 0 aliphatic heterocycles. The van der Waals surface area contributed by atoms with E-state index in [2.05, 4.69) is 10.3 Å². The highest BCUT2D eigenvalue weighted by Gasteiger charge is 2.26. The summed E-state index contributed by atoms with van der Waals surface area (Å²) < 4.78 is 40.9. The molecule has 1 rings (SSSR count). The number of hydrogen-bond acceptors (Lipinski definition) is 3. The Kier molecular flexibility index (Phi) is 6.08. The third kappa shape index (κ3) is 7.66. The Morgan fingerprint density at radius 3 is 2.58 bits per heavy atom. The Bertz CT molecular complexity index is 363. The van der Waals surface area contributed by atoms with Crippen LogP contribution >= 0.6 is 0 Å². The number of hydrogen-bond donors (Lipinski definition) is 1. The van der Waals surface area contributed by atoms with Crippen molar-refractivity contribution >= 4 is 0 Å². The van der Waals surface area contributed by atoms with Gasteiger partial charge in [-0.3, -0.25) is 0 Å². The van der Waals surface area contributed by atoms with E-state index in [1.165, 1.54) is 0 Å². The number of rotatable bonds is 7. The molecule has 3 nitrogen and oxygen atoms in total. The molecule has 0 bridgehead atoms. The summed E-state index contributed by atoms with van der Waals surface area (Å²) in [6, 6.07) is 3.91. The van der Waals surface area contributed by atoms with Crippen LogP contribution in [0.15, 0.2) is 18.3 Å². The first kappa shape index (κ1) is 15.8. The van der Waals surface area contributed by atoms with Crippen molar-refractivity contribution in [3.05, 3.63) is 23.9 Å². The van der Waals surface area contributed by atoms with Gasteiger partial charge in [0, 0.05) is 31.3 Å². The summed E-state index contributed by atoms with van der Waals surface area (Å²) >= 11 is 0. The number of alkyl halides is 3. The van der Waals surface area contributed by atoms with Crippen molar-refractivity contribution in [2.24, 2.45) is 0 Å². The van der Waals surface area contributed by atoms with E-state index >= 15 is 0 Å². The molecule has 0 amide bonds. The molecular formula is C13H19F3N2O. The smallest absolute Gasteiger partial charge is 0.389 e. The topological polar surface area (TPSA) is 34.1 Å². The van der Waals surface area contributed by atoms with E-state index in [0.29, 0.717) is 18.5 Å². The maximum Gasteiger partial charge on any atom is 0.389 e. The van der Waals surface area contributed by atoms with Crippen LogP contribution in [-0.4, -0.2) is 23.8 Å². The summed E-state index contributed by atoms with van der Waals surface area (Å²) in [4.78, 5) is 4.05. The first-order valence-electron chi connectivity index (χ1n) is 6.24. The highest BCUT2D eigenvalue weighted by Crippen LogP contribution is 2.21. The lowest BCUT2D eigenvalue weighted by molar-refractivity contribution is -0.136. The molecule has 1 N–H and O–H groups in total. The molecule has 0 aliphatic carbocycles. The van der Waals surface area contributed by atoms with Crippen LogP contribution in [0, 0.1) is 0 Å². The van der Waals surface area contributed by atoms with Crippen molar-refractivity contribution in [2.45, 2.75) is 45.5 Å². The van der Waals surface area contributed by atoms with E-state index < -0.39 is 12.6 Å². The Labute approximate surface area is 111 Å². The summed E-state index contributed by atoms with van der Waals surface area (Å²) in [6.45, 7) is 4.83. The molecule has 1 heterocycles. The van der Waals surface area contributed by atoms with Gasteiger partial charge < -0.3 is 10.1 Å². The quantitative estimate of drug-likeness (QED) is 0.776. The molecule has 0 spiro atoms. The molecule has 1 aromatic rings. The minimum Gasteiger partial charge on any atom is -0.478 e. The first-order chi connectivity index (χ1) is 8.87. The number of nitrogens with one attached hydrogen (secondary N) is 1. The summed E-state index contributed by atoms with van der Waals surface area (Å²) in [7, 11) is 0. The van der Waals surface area contributed by atoms with E-state index in [1.54, 1.807) is 12.3 Å². The number of aromatic nitrogens is 1. The predicted molar refractivity (Wildman–Crippen MR) is 67.0 cm³/mol. The Hall–Kier alpha value is -1.30. The molecule has 0 fully saturated rings. The van der Waals surface area contributed by atoms with Gasteiger partial charge in [-0.1, -0.05) is 19.9 Å². The average molecular weight is 276 g/mol. The van der Waals surface area contributed by atoms with Gasteiger partial charge in [-0.25, -0.2) is 4.98 Å². The fraction of sp³-hybridized carbons (Fsp3) is 0.615. The molecule has 1 aromatic heterocycles. The highest BCUT2D eigenvalue weighted by atomic mass is 19.4.